The molecular weight excluding hydrogens is 329 g/mol. The van der Waals surface area contributed by atoms with Crippen molar-refractivity contribution in [2.24, 2.45) is 0 Å². The first-order valence-corrected chi connectivity index (χ1v) is 8.02. The Bertz CT molecular complexity index is 837. The topological polar surface area (TPSA) is 33.5 Å². The summed E-state index contributed by atoms with van der Waals surface area (Å²) in [7, 11) is 1.68. The highest BCUT2D eigenvalue weighted by atomic mass is 35.5. The molecule has 0 saturated carbocycles. The van der Waals surface area contributed by atoms with Gasteiger partial charge in [-0.2, -0.15) is 0 Å². The number of nitrogens with zero attached hydrogens (tertiary/aromatic N) is 1. The second-order valence-electron chi connectivity index (χ2n) is 5.74. The quantitative estimate of drug-likeness (QED) is 0.667. The van der Waals surface area contributed by atoms with E-state index in [1.165, 1.54) is 12.1 Å². The highest BCUT2D eigenvalue weighted by Gasteiger charge is 2.22. The van der Waals surface area contributed by atoms with Gasteiger partial charge in [-0.3, -0.25) is 4.79 Å². The number of likely N-dealkylation sites (N-methyl/N-ethyl adjacent to an activating group) is 1. The molecule has 0 saturated heterocycles. The van der Waals surface area contributed by atoms with Crippen LogP contribution in [0.5, 0.6) is 0 Å². The van der Waals surface area contributed by atoms with Crippen LogP contribution in [0.4, 0.5) is 4.39 Å². The number of para-hydroxylation sites is 1. The molecule has 0 fully saturated rings. The number of halogens is 2. The van der Waals surface area contributed by atoms with Gasteiger partial charge in [0.25, 0.3) is 0 Å². The summed E-state index contributed by atoms with van der Waals surface area (Å²) in [5.41, 5.74) is 0.991. The largest absolute Gasteiger partial charge is 0.459 e. The van der Waals surface area contributed by atoms with Gasteiger partial charge in [0.05, 0.1) is 12.5 Å². The minimum atomic E-state index is -0.472. The van der Waals surface area contributed by atoms with Gasteiger partial charge in [0, 0.05) is 23.0 Å². The molecule has 0 N–H and O–H groups in total. The number of amides is 1. The summed E-state index contributed by atoms with van der Waals surface area (Å²) in [6.45, 7) is 1.87. The Kier molecular flexibility index (Phi) is 4.58. The van der Waals surface area contributed by atoms with Crippen LogP contribution in [0.1, 0.15) is 24.3 Å². The molecule has 0 aliphatic carbocycles. The predicted molar refractivity (Wildman–Crippen MR) is 92.5 cm³/mol. The standard InChI is InChI=1S/C19H17ClFNO2/c1-12(18-10-13-6-3-4-9-17(13)24-18)22(2)19(23)11-14-15(20)7-5-8-16(14)21/h3-10,12H,11H2,1-2H3. The maximum absolute atomic E-state index is 13.9. The van der Waals surface area contributed by atoms with Gasteiger partial charge < -0.3 is 9.32 Å². The van der Waals surface area contributed by atoms with Gasteiger partial charge >= 0.3 is 0 Å². The number of carbonyl (C=O) groups excluding carboxylic acids is 1. The van der Waals surface area contributed by atoms with E-state index in [0.717, 1.165) is 11.0 Å². The van der Waals surface area contributed by atoms with E-state index < -0.39 is 5.82 Å². The molecule has 3 rings (SSSR count). The SMILES string of the molecule is CC(c1cc2ccccc2o1)N(C)C(=O)Cc1c(F)cccc1Cl. The third kappa shape index (κ3) is 3.15. The van der Waals surface area contributed by atoms with E-state index in [-0.39, 0.29) is 29.0 Å². The molecule has 2 aromatic carbocycles. The second kappa shape index (κ2) is 6.65. The first-order valence-electron chi connectivity index (χ1n) is 7.64. The predicted octanol–water partition coefficient (Wildman–Crippen LogP) is 4.99. The van der Waals surface area contributed by atoms with E-state index in [1.807, 2.05) is 37.3 Å². The monoisotopic (exact) mass is 345 g/mol. The number of carbonyl (C=O) groups is 1. The normalized spacial score (nSPS) is 12.3. The van der Waals surface area contributed by atoms with Crippen LogP contribution in [0, 0.1) is 5.82 Å². The van der Waals surface area contributed by atoms with Crippen LogP contribution in [0.15, 0.2) is 52.9 Å². The van der Waals surface area contributed by atoms with Crippen molar-refractivity contribution in [3.05, 3.63) is 70.7 Å². The van der Waals surface area contributed by atoms with Crippen LogP contribution in [-0.2, 0) is 11.2 Å². The lowest BCUT2D eigenvalue weighted by Gasteiger charge is -2.23. The molecule has 1 heterocycles. The van der Waals surface area contributed by atoms with Crippen molar-refractivity contribution in [2.75, 3.05) is 7.05 Å². The molecule has 3 aromatic rings. The van der Waals surface area contributed by atoms with Crippen molar-refractivity contribution in [1.29, 1.82) is 0 Å². The molecule has 124 valence electrons. The minimum Gasteiger partial charge on any atom is -0.459 e. The Hall–Kier alpha value is -2.33. The highest BCUT2D eigenvalue weighted by molar-refractivity contribution is 6.31. The zero-order valence-corrected chi connectivity index (χ0v) is 14.2. The zero-order chi connectivity index (χ0) is 17.3. The molecule has 1 amide bonds. The fourth-order valence-corrected chi connectivity index (χ4v) is 2.82. The smallest absolute Gasteiger partial charge is 0.227 e. The summed E-state index contributed by atoms with van der Waals surface area (Å²) < 4.78 is 19.7. The van der Waals surface area contributed by atoms with E-state index in [9.17, 15) is 9.18 Å². The molecule has 1 atom stereocenters. The Morgan fingerprint density at radius 2 is 2.00 bits per heavy atom. The summed E-state index contributed by atoms with van der Waals surface area (Å²) >= 11 is 6.00. The molecule has 0 radical (unpaired) electrons. The Labute approximate surface area is 144 Å². The van der Waals surface area contributed by atoms with Crippen LogP contribution < -0.4 is 0 Å². The fourth-order valence-electron chi connectivity index (χ4n) is 2.59. The van der Waals surface area contributed by atoms with Crippen LogP contribution >= 0.6 is 11.6 Å². The summed E-state index contributed by atoms with van der Waals surface area (Å²) in [6, 6.07) is 13.7. The Morgan fingerprint density at radius 1 is 1.25 bits per heavy atom. The number of hydrogen-bond acceptors (Lipinski definition) is 2. The number of furan rings is 1. The van der Waals surface area contributed by atoms with Gasteiger partial charge in [0.1, 0.15) is 17.2 Å². The molecule has 3 nitrogen and oxygen atoms in total. The van der Waals surface area contributed by atoms with E-state index >= 15 is 0 Å². The molecule has 0 aliphatic heterocycles. The lowest BCUT2D eigenvalue weighted by Crippen LogP contribution is -2.31. The van der Waals surface area contributed by atoms with Crippen molar-refractivity contribution in [3.63, 3.8) is 0 Å². The summed E-state index contributed by atoms with van der Waals surface area (Å²) in [5.74, 6) is -0.0118. The number of benzene rings is 2. The maximum Gasteiger partial charge on any atom is 0.227 e. The van der Waals surface area contributed by atoms with Crippen molar-refractivity contribution < 1.29 is 13.6 Å². The third-order valence-corrected chi connectivity index (χ3v) is 4.57. The Balaban J connectivity index is 1.79. The van der Waals surface area contributed by atoms with Crippen LogP contribution in [0.25, 0.3) is 11.0 Å². The van der Waals surface area contributed by atoms with Gasteiger partial charge in [-0.1, -0.05) is 35.9 Å². The molecular formula is C19H17ClFNO2. The van der Waals surface area contributed by atoms with Crippen LogP contribution in [0.3, 0.4) is 0 Å². The minimum absolute atomic E-state index is 0.0907. The van der Waals surface area contributed by atoms with Gasteiger partial charge in [0.15, 0.2) is 0 Å². The van der Waals surface area contributed by atoms with Gasteiger partial charge in [0.2, 0.25) is 5.91 Å². The van der Waals surface area contributed by atoms with Crippen molar-refractivity contribution in [3.8, 4) is 0 Å². The van der Waals surface area contributed by atoms with Gasteiger partial charge in [-0.25, -0.2) is 4.39 Å². The second-order valence-corrected chi connectivity index (χ2v) is 6.15. The van der Waals surface area contributed by atoms with Crippen LogP contribution in [-0.4, -0.2) is 17.9 Å². The molecule has 0 aliphatic rings. The molecule has 1 aromatic heterocycles. The summed E-state index contributed by atoms with van der Waals surface area (Å²) in [6.07, 6.45) is -0.0907. The lowest BCUT2D eigenvalue weighted by molar-refractivity contribution is -0.131. The summed E-state index contributed by atoms with van der Waals surface area (Å²) in [5, 5.41) is 1.24. The van der Waals surface area contributed by atoms with E-state index in [1.54, 1.807) is 18.0 Å². The molecule has 24 heavy (non-hydrogen) atoms. The van der Waals surface area contributed by atoms with E-state index in [4.69, 9.17) is 16.0 Å². The molecule has 0 bridgehead atoms. The third-order valence-electron chi connectivity index (χ3n) is 4.22. The average molecular weight is 346 g/mol. The van der Waals surface area contributed by atoms with E-state index in [0.29, 0.717) is 5.76 Å². The molecule has 5 heteroatoms. The molecule has 1 unspecified atom stereocenters. The van der Waals surface area contributed by atoms with E-state index in [2.05, 4.69) is 0 Å². The first kappa shape index (κ1) is 16.5. The summed E-state index contributed by atoms with van der Waals surface area (Å²) in [4.78, 5) is 14.0. The first-order chi connectivity index (χ1) is 11.5. The highest BCUT2D eigenvalue weighted by Crippen LogP contribution is 2.28. The van der Waals surface area contributed by atoms with Crippen molar-refractivity contribution >= 4 is 28.5 Å². The van der Waals surface area contributed by atoms with Gasteiger partial charge in [-0.05, 0) is 31.2 Å². The molecule has 0 spiro atoms. The number of hydrogen-bond donors (Lipinski definition) is 0. The fraction of sp³-hybridized carbons (Fsp3) is 0.211. The lowest BCUT2D eigenvalue weighted by atomic mass is 10.1. The maximum atomic E-state index is 13.9. The average Bonchev–Trinajstić information content (AvgIpc) is 3.00. The zero-order valence-electron chi connectivity index (χ0n) is 13.4. The number of fused-ring (bicyclic) bond motifs is 1. The number of rotatable bonds is 4. The van der Waals surface area contributed by atoms with Crippen molar-refractivity contribution in [2.45, 2.75) is 19.4 Å². The van der Waals surface area contributed by atoms with Crippen LogP contribution in [0.2, 0.25) is 5.02 Å². The van der Waals surface area contributed by atoms with Crippen molar-refractivity contribution in [1.82, 2.24) is 4.90 Å². The van der Waals surface area contributed by atoms with Gasteiger partial charge in [-0.15, -0.1) is 0 Å². The Morgan fingerprint density at radius 3 is 2.71 bits per heavy atom.